The Morgan fingerprint density at radius 3 is 2.15 bits per heavy atom. The quantitative estimate of drug-likeness (QED) is 0.169. The summed E-state index contributed by atoms with van der Waals surface area (Å²) in [5, 5.41) is 0. The number of carbonyl (C=O) groups is 2. The average molecular weight is 464 g/mol. The topological polar surface area (TPSA) is 46.6 Å². The Balaban J connectivity index is 1.28. The lowest BCUT2D eigenvalue weighted by molar-refractivity contribution is -0.150. The van der Waals surface area contributed by atoms with Gasteiger partial charge in [0.25, 0.3) is 0 Å². The molecule has 0 amide bonds. The molecule has 4 heteroatoms. The van der Waals surface area contributed by atoms with Gasteiger partial charge in [-0.15, -0.1) is 0 Å². The van der Waals surface area contributed by atoms with Gasteiger partial charge in [0.2, 0.25) is 0 Å². The lowest BCUT2D eigenvalue weighted by atomic mass is 9.98. The zero-order valence-electron chi connectivity index (χ0n) is 20.6. The number of ether oxygens (including phenoxy) is 1. The molecule has 0 atom stereocenters. The van der Waals surface area contributed by atoms with Gasteiger partial charge in [-0.3, -0.25) is 4.79 Å². The van der Waals surface area contributed by atoms with Crippen LogP contribution in [0.25, 0.3) is 11.1 Å². The molecule has 0 bridgehead atoms. The number of carbonyl (C=O) groups excluding carboxylic acids is 2. The molecule has 0 aromatic heterocycles. The summed E-state index contributed by atoms with van der Waals surface area (Å²) in [5.74, 6) is -0.118. The summed E-state index contributed by atoms with van der Waals surface area (Å²) < 4.78 is 5.85. The van der Waals surface area contributed by atoms with Gasteiger partial charge < -0.3 is 14.4 Å². The number of esters is 1. The molecule has 2 aromatic rings. The molecule has 0 saturated carbocycles. The fourth-order valence-corrected chi connectivity index (χ4v) is 4.83. The lowest BCUT2D eigenvalue weighted by Crippen LogP contribution is -2.38. The summed E-state index contributed by atoms with van der Waals surface area (Å²) in [4.78, 5) is 25.5. The van der Waals surface area contributed by atoms with Gasteiger partial charge in [0.1, 0.15) is 12.4 Å². The molecule has 0 N–H and O–H groups in total. The smallest absolute Gasteiger partial charge is 0.310 e. The molecule has 1 heterocycles. The van der Waals surface area contributed by atoms with E-state index in [4.69, 9.17) is 4.74 Å². The largest absolute Gasteiger partial charge is 0.462 e. The van der Waals surface area contributed by atoms with Crippen molar-refractivity contribution in [2.24, 2.45) is 0 Å². The van der Waals surface area contributed by atoms with Crippen LogP contribution >= 0.6 is 0 Å². The van der Waals surface area contributed by atoms with Crippen molar-refractivity contribution in [3.63, 3.8) is 0 Å². The molecule has 0 radical (unpaired) electrons. The summed E-state index contributed by atoms with van der Waals surface area (Å²) in [6, 6.07) is 18.3. The fraction of sp³-hybridized carbons (Fsp3) is 0.533. The Morgan fingerprint density at radius 1 is 0.824 bits per heavy atom. The van der Waals surface area contributed by atoms with E-state index in [0.29, 0.717) is 6.42 Å². The number of hydrogen-bond acceptors (Lipinski definition) is 4. The van der Waals surface area contributed by atoms with Crippen LogP contribution in [0, 0.1) is 0 Å². The summed E-state index contributed by atoms with van der Waals surface area (Å²) in [5.41, 5.74) is 3.26. The first-order valence-electron chi connectivity index (χ1n) is 13.2. The zero-order valence-corrected chi connectivity index (χ0v) is 20.6. The minimum Gasteiger partial charge on any atom is -0.462 e. The van der Waals surface area contributed by atoms with Crippen LogP contribution in [0.2, 0.25) is 0 Å². The second-order valence-corrected chi connectivity index (χ2v) is 9.51. The monoisotopic (exact) mass is 463 g/mol. The van der Waals surface area contributed by atoms with Gasteiger partial charge in [0.05, 0.1) is 6.42 Å². The van der Waals surface area contributed by atoms with Crippen LogP contribution in [0.5, 0.6) is 0 Å². The van der Waals surface area contributed by atoms with Crippen molar-refractivity contribution in [3.8, 4) is 11.1 Å². The number of likely N-dealkylation sites (tertiary alicyclic amines) is 1. The van der Waals surface area contributed by atoms with Crippen LogP contribution < -0.4 is 0 Å². The second-order valence-electron chi connectivity index (χ2n) is 9.51. The van der Waals surface area contributed by atoms with Crippen molar-refractivity contribution in [1.29, 1.82) is 0 Å². The lowest BCUT2D eigenvalue weighted by Gasteiger charge is -2.31. The zero-order chi connectivity index (χ0) is 23.8. The van der Waals surface area contributed by atoms with Crippen LogP contribution in [-0.2, 0) is 20.7 Å². The minimum absolute atomic E-state index is 0.0480. The SMILES string of the molecule is O=CCCCCCCCCCCN1CCC(OC(=O)Cc2ccccc2-c2ccccc2)CC1. The molecule has 34 heavy (non-hydrogen) atoms. The first-order valence-corrected chi connectivity index (χ1v) is 13.2. The van der Waals surface area contributed by atoms with Crippen LogP contribution in [-0.4, -0.2) is 42.9 Å². The van der Waals surface area contributed by atoms with E-state index in [1.54, 1.807) is 0 Å². The number of rotatable bonds is 15. The van der Waals surface area contributed by atoms with Crippen molar-refractivity contribution in [1.82, 2.24) is 4.90 Å². The highest BCUT2D eigenvalue weighted by Crippen LogP contribution is 2.24. The van der Waals surface area contributed by atoms with E-state index in [9.17, 15) is 9.59 Å². The molecule has 1 aliphatic heterocycles. The van der Waals surface area contributed by atoms with Crippen molar-refractivity contribution in [3.05, 3.63) is 60.2 Å². The standard InChI is InChI=1S/C30H41NO3/c32-24-14-7-5-3-1-2-4-6-13-21-31-22-19-28(20-23-31)34-30(33)25-27-17-11-12-18-29(27)26-15-9-8-10-16-26/h8-12,15-18,24,28H,1-7,13-14,19-23,25H2. The number of benzene rings is 2. The first kappa shape index (κ1) is 26.2. The normalized spacial score (nSPS) is 14.7. The summed E-state index contributed by atoms with van der Waals surface area (Å²) in [6.07, 6.45) is 14.0. The van der Waals surface area contributed by atoms with Crippen molar-refractivity contribution in [2.75, 3.05) is 19.6 Å². The van der Waals surface area contributed by atoms with E-state index in [0.717, 1.165) is 68.3 Å². The van der Waals surface area contributed by atoms with Gasteiger partial charge in [0.15, 0.2) is 0 Å². The Kier molecular flexibility index (Phi) is 11.9. The van der Waals surface area contributed by atoms with Crippen LogP contribution in [0.3, 0.4) is 0 Å². The maximum Gasteiger partial charge on any atom is 0.310 e. The number of piperidine rings is 1. The summed E-state index contributed by atoms with van der Waals surface area (Å²) in [6.45, 7) is 3.20. The van der Waals surface area contributed by atoms with Gasteiger partial charge in [-0.1, -0.05) is 93.1 Å². The third kappa shape index (κ3) is 9.42. The maximum absolute atomic E-state index is 12.7. The predicted molar refractivity (Wildman–Crippen MR) is 139 cm³/mol. The number of unbranched alkanes of at least 4 members (excludes halogenated alkanes) is 8. The van der Waals surface area contributed by atoms with Gasteiger partial charge >= 0.3 is 5.97 Å². The Labute approximate surface area is 205 Å². The average Bonchev–Trinajstić information content (AvgIpc) is 2.87. The third-order valence-corrected chi connectivity index (χ3v) is 6.82. The van der Waals surface area contributed by atoms with Crippen LogP contribution in [0.15, 0.2) is 54.6 Å². The molecule has 3 rings (SSSR count). The molecule has 0 unspecified atom stereocenters. The molecule has 1 saturated heterocycles. The molecule has 0 aliphatic carbocycles. The molecule has 2 aromatic carbocycles. The van der Waals surface area contributed by atoms with E-state index in [1.165, 1.54) is 44.9 Å². The highest BCUT2D eigenvalue weighted by atomic mass is 16.5. The summed E-state index contributed by atoms with van der Waals surface area (Å²) in [7, 11) is 0. The molecule has 0 spiro atoms. The maximum atomic E-state index is 12.7. The van der Waals surface area contributed by atoms with Gasteiger partial charge in [-0.25, -0.2) is 0 Å². The highest BCUT2D eigenvalue weighted by molar-refractivity contribution is 5.78. The molecular weight excluding hydrogens is 422 g/mol. The van der Waals surface area contributed by atoms with Gasteiger partial charge in [-0.2, -0.15) is 0 Å². The molecule has 184 valence electrons. The Hall–Kier alpha value is -2.46. The van der Waals surface area contributed by atoms with Crippen molar-refractivity contribution in [2.45, 2.75) is 83.2 Å². The number of hydrogen-bond donors (Lipinski definition) is 0. The summed E-state index contributed by atoms with van der Waals surface area (Å²) >= 11 is 0. The van der Waals surface area contributed by atoms with Gasteiger partial charge in [-0.05, 0) is 48.9 Å². The minimum atomic E-state index is -0.118. The highest BCUT2D eigenvalue weighted by Gasteiger charge is 2.22. The first-order chi connectivity index (χ1) is 16.8. The van der Waals surface area contributed by atoms with E-state index in [1.807, 2.05) is 36.4 Å². The van der Waals surface area contributed by atoms with Crippen LogP contribution in [0.1, 0.15) is 76.2 Å². The number of nitrogens with zero attached hydrogens (tertiary/aromatic N) is 1. The van der Waals surface area contributed by atoms with Crippen molar-refractivity contribution >= 4 is 12.3 Å². The molecule has 1 aliphatic rings. The molecule has 4 nitrogen and oxygen atoms in total. The third-order valence-electron chi connectivity index (χ3n) is 6.82. The van der Waals surface area contributed by atoms with E-state index >= 15 is 0 Å². The fourth-order valence-electron chi connectivity index (χ4n) is 4.83. The van der Waals surface area contributed by atoms with E-state index in [2.05, 4.69) is 23.1 Å². The van der Waals surface area contributed by atoms with Crippen molar-refractivity contribution < 1.29 is 14.3 Å². The van der Waals surface area contributed by atoms with Crippen LogP contribution in [0.4, 0.5) is 0 Å². The second kappa shape index (κ2) is 15.4. The predicted octanol–water partition coefficient (Wildman–Crippen LogP) is 6.61. The van der Waals surface area contributed by atoms with E-state index < -0.39 is 0 Å². The molecular formula is C30H41NO3. The van der Waals surface area contributed by atoms with E-state index in [-0.39, 0.29) is 12.1 Å². The Bertz CT molecular complexity index is 843. The molecule has 1 fully saturated rings. The van der Waals surface area contributed by atoms with Gasteiger partial charge in [0, 0.05) is 19.5 Å². The number of aldehydes is 1. The Morgan fingerprint density at radius 2 is 1.44 bits per heavy atom.